The van der Waals surface area contributed by atoms with E-state index >= 15 is 0 Å². The van der Waals surface area contributed by atoms with Gasteiger partial charge in [0.2, 0.25) is 0 Å². The molecule has 0 saturated carbocycles. The first-order chi connectivity index (χ1) is 15.1. The zero-order chi connectivity index (χ0) is 23.1. The number of rotatable bonds is 5. The molecule has 0 spiro atoms. The van der Waals surface area contributed by atoms with Crippen LogP contribution in [0.2, 0.25) is 0 Å². The van der Waals surface area contributed by atoms with Crippen molar-refractivity contribution in [1.82, 2.24) is 15.3 Å². The molecule has 3 heterocycles. The van der Waals surface area contributed by atoms with Crippen LogP contribution in [0.25, 0.3) is 11.0 Å². The van der Waals surface area contributed by atoms with Gasteiger partial charge in [-0.3, -0.25) is 0 Å². The standard InChI is InChI=1S/C20H17F5N4O3/c1-19(8-31-9-19)7-28-18(30)29-10-4-12(21)16(13(22)5-10)32-14-2-3-26-17-15(14)11(6-27-17)20(23,24)25/h2-6H,7-9H2,1H3,(H,26,27)(H2,28,29,30). The Hall–Kier alpha value is -3.41. The first-order valence-electron chi connectivity index (χ1n) is 9.38. The average Bonchev–Trinajstić information content (AvgIpc) is 3.13. The zero-order valence-corrected chi connectivity index (χ0v) is 16.6. The maximum Gasteiger partial charge on any atom is 0.418 e. The Labute approximate surface area is 177 Å². The van der Waals surface area contributed by atoms with E-state index in [1.54, 1.807) is 0 Å². The molecule has 0 atom stereocenters. The fourth-order valence-electron chi connectivity index (χ4n) is 3.20. The minimum absolute atomic E-state index is 0.156. The lowest BCUT2D eigenvalue weighted by molar-refractivity contribution is -0.136. The molecule has 2 aromatic heterocycles. The second kappa shape index (κ2) is 7.93. The Morgan fingerprint density at radius 2 is 1.97 bits per heavy atom. The van der Waals surface area contributed by atoms with Gasteiger partial charge in [0.25, 0.3) is 0 Å². The van der Waals surface area contributed by atoms with Crippen LogP contribution in [0, 0.1) is 17.0 Å². The van der Waals surface area contributed by atoms with Crippen molar-refractivity contribution >= 4 is 22.8 Å². The summed E-state index contributed by atoms with van der Waals surface area (Å²) in [5, 5.41) is 4.42. The molecule has 7 nitrogen and oxygen atoms in total. The third-order valence-electron chi connectivity index (χ3n) is 4.89. The van der Waals surface area contributed by atoms with Crippen molar-refractivity contribution in [3.63, 3.8) is 0 Å². The van der Waals surface area contributed by atoms with E-state index in [0.29, 0.717) is 26.0 Å². The van der Waals surface area contributed by atoms with Gasteiger partial charge < -0.3 is 25.1 Å². The molecule has 1 aliphatic rings. The maximum absolute atomic E-state index is 14.5. The lowest BCUT2D eigenvalue weighted by Crippen LogP contribution is -2.49. The van der Waals surface area contributed by atoms with E-state index in [0.717, 1.165) is 24.4 Å². The van der Waals surface area contributed by atoms with E-state index in [4.69, 9.17) is 9.47 Å². The van der Waals surface area contributed by atoms with Crippen LogP contribution in [0.3, 0.4) is 0 Å². The van der Waals surface area contributed by atoms with Crippen molar-refractivity contribution in [2.45, 2.75) is 13.1 Å². The number of H-pyrrole nitrogens is 1. The Bertz CT molecular complexity index is 1150. The van der Waals surface area contributed by atoms with Gasteiger partial charge in [0.1, 0.15) is 11.4 Å². The van der Waals surface area contributed by atoms with E-state index < -0.39 is 46.3 Å². The number of halogens is 5. The molecule has 0 bridgehead atoms. The number of aromatic nitrogens is 2. The van der Waals surface area contributed by atoms with E-state index in [9.17, 15) is 26.7 Å². The number of pyridine rings is 1. The van der Waals surface area contributed by atoms with Gasteiger partial charge in [-0.15, -0.1) is 0 Å². The summed E-state index contributed by atoms with van der Waals surface area (Å²) in [6, 6.07) is 1.98. The number of nitrogens with one attached hydrogen (secondary N) is 3. The predicted molar refractivity (Wildman–Crippen MR) is 103 cm³/mol. The van der Waals surface area contributed by atoms with Crippen molar-refractivity contribution in [3.05, 3.63) is 47.8 Å². The second-order valence-corrected chi connectivity index (χ2v) is 7.72. The highest BCUT2D eigenvalue weighted by Gasteiger charge is 2.36. The molecular weight excluding hydrogens is 439 g/mol. The fourth-order valence-corrected chi connectivity index (χ4v) is 3.20. The summed E-state index contributed by atoms with van der Waals surface area (Å²) in [6.45, 7) is 3.19. The van der Waals surface area contributed by atoms with Gasteiger partial charge in [-0.2, -0.15) is 13.2 Å². The lowest BCUT2D eigenvalue weighted by atomic mass is 9.89. The molecule has 1 fully saturated rings. The highest BCUT2D eigenvalue weighted by molar-refractivity contribution is 5.89. The number of urea groups is 1. The van der Waals surface area contributed by atoms with Crippen molar-refractivity contribution in [2.24, 2.45) is 5.41 Å². The first-order valence-corrected chi connectivity index (χ1v) is 9.38. The number of aromatic amines is 1. The molecule has 3 aromatic rings. The first kappa shape index (κ1) is 21.8. The molecule has 1 aliphatic heterocycles. The van der Waals surface area contributed by atoms with Gasteiger partial charge in [-0.05, 0) is 6.07 Å². The summed E-state index contributed by atoms with van der Waals surface area (Å²) < 4.78 is 79.1. The molecule has 0 radical (unpaired) electrons. The van der Waals surface area contributed by atoms with Gasteiger partial charge in [0.05, 0.1) is 24.2 Å². The van der Waals surface area contributed by atoms with Crippen LogP contribution in [-0.4, -0.2) is 35.8 Å². The van der Waals surface area contributed by atoms with Crippen LogP contribution in [0.1, 0.15) is 12.5 Å². The molecule has 32 heavy (non-hydrogen) atoms. The molecule has 0 aliphatic carbocycles. The lowest BCUT2D eigenvalue weighted by Gasteiger charge is -2.37. The summed E-state index contributed by atoms with van der Waals surface area (Å²) in [7, 11) is 0. The van der Waals surface area contributed by atoms with Crippen molar-refractivity contribution in [2.75, 3.05) is 25.1 Å². The number of nitrogens with zero attached hydrogens (tertiary/aromatic N) is 1. The Morgan fingerprint density at radius 1 is 1.28 bits per heavy atom. The third kappa shape index (κ3) is 4.31. The van der Waals surface area contributed by atoms with Gasteiger partial charge in [0, 0.05) is 42.2 Å². The Balaban J connectivity index is 1.54. The molecule has 4 rings (SSSR count). The highest BCUT2D eigenvalue weighted by atomic mass is 19.4. The highest BCUT2D eigenvalue weighted by Crippen LogP contribution is 2.40. The molecular formula is C20H17F5N4O3. The average molecular weight is 456 g/mol. The Kier molecular flexibility index (Phi) is 5.41. The number of carbonyl (C=O) groups is 1. The SMILES string of the molecule is CC1(CNC(=O)Nc2cc(F)c(Oc3ccnc4[nH]cc(C(F)(F)F)c34)c(F)c2)COC1. The van der Waals surface area contributed by atoms with Gasteiger partial charge in [0.15, 0.2) is 17.4 Å². The van der Waals surface area contributed by atoms with Gasteiger partial charge >= 0.3 is 12.2 Å². The summed E-state index contributed by atoms with van der Waals surface area (Å²) in [5.41, 5.74) is -1.64. The largest absolute Gasteiger partial charge is 0.450 e. The van der Waals surface area contributed by atoms with Crippen molar-refractivity contribution < 1.29 is 36.2 Å². The summed E-state index contributed by atoms with van der Waals surface area (Å²) in [5.74, 6) is -3.78. The predicted octanol–water partition coefficient (Wildman–Crippen LogP) is 4.81. The maximum atomic E-state index is 14.5. The van der Waals surface area contributed by atoms with E-state index in [-0.39, 0.29) is 16.7 Å². The minimum Gasteiger partial charge on any atom is -0.450 e. The molecule has 12 heteroatoms. The van der Waals surface area contributed by atoms with Crippen LogP contribution in [0.5, 0.6) is 11.5 Å². The summed E-state index contributed by atoms with van der Waals surface area (Å²) in [4.78, 5) is 18.1. The molecule has 0 unspecified atom stereocenters. The normalized spacial score (nSPS) is 15.3. The number of carbonyl (C=O) groups excluding carboxylic acids is 1. The fraction of sp³-hybridized carbons (Fsp3) is 0.300. The molecule has 3 N–H and O–H groups in total. The molecule has 1 saturated heterocycles. The molecule has 2 amide bonds. The molecule has 170 valence electrons. The number of fused-ring (bicyclic) bond motifs is 1. The smallest absolute Gasteiger partial charge is 0.418 e. The van der Waals surface area contributed by atoms with Crippen LogP contribution >= 0.6 is 0 Å². The topological polar surface area (TPSA) is 88.3 Å². The van der Waals surface area contributed by atoms with Crippen molar-refractivity contribution in [1.29, 1.82) is 0 Å². The zero-order valence-electron chi connectivity index (χ0n) is 16.6. The number of benzene rings is 1. The second-order valence-electron chi connectivity index (χ2n) is 7.72. The number of ether oxygens (including phenoxy) is 2. The van der Waals surface area contributed by atoms with Crippen molar-refractivity contribution in [3.8, 4) is 11.5 Å². The van der Waals surface area contributed by atoms with E-state index in [2.05, 4.69) is 20.6 Å². The van der Waals surface area contributed by atoms with Gasteiger partial charge in [-0.25, -0.2) is 18.6 Å². The number of hydrogen-bond donors (Lipinski definition) is 3. The minimum atomic E-state index is -4.74. The quantitative estimate of drug-likeness (QED) is 0.481. The van der Waals surface area contributed by atoms with E-state index in [1.807, 2.05) is 6.92 Å². The Morgan fingerprint density at radius 3 is 2.56 bits per heavy atom. The summed E-state index contributed by atoms with van der Waals surface area (Å²) in [6.07, 6.45) is -2.91. The number of alkyl halides is 3. The van der Waals surface area contributed by atoms with Crippen LogP contribution < -0.4 is 15.4 Å². The van der Waals surface area contributed by atoms with E-state index in [1.165, 1.54) is 0 Å². The van der Waals surface area contributed by atoms with Crippen LogP contribution in [0.15, 0.2) is 30.6 Å². The number of hydrogen-bond acceptors (Lipinski definition) is 4. The van der Waals surface area contributed by atoms with Crippen LogP contribution in [-0.2, 0) is 10.9 Å². The monoisotopic (exact) mass is 456 g/mol. The number of anilines is 1. The number of amides is 2. The van der Waals surface area contributed by atoms with Gasteiger partial charge in [-0.1, -0.05) is 6.92 Å². The summed E-state index contributed by atoms with van der Waals surface area (Å²) >= 11 is 0. The van der Waals surface area contributed by atoms with Crippen LogP contribution in [0.4, 0.5) is 32.4 Å². The third-order valence-corrected chi connectivity index (χ3v) is 4.89. The molecule has 1 aromatic carbocycles.